The number of halogens is 1. The molecule has 6 heteroatoms. The Kier molecular flexibility index (Phi) is 5.96. The van der Waals surface area contributed by atoms with Gasteiger partial charge in [0, 0.05) is 38.4 Å². The van der Waals surface area contributed by atoms with Crippen LogP contribution < -0.4 is 0 Å². The SMILES string of the molecule is OCCCOC1CCN(Cc2coc(-c3cccc(F)c3)n2)CC1. The zero-order valence-corrected chi connectivity index (χ0v) is 13.7. The number of aromatic nitrogens is 1. The summed E-state index contributed by atoms with van der Waals surface area (Å²) in [5.41, 5.74) is 1.51. The minimum Gasteiger partial charge on any atom is -0.444 e. The van der Waals surface area contributed by atoms with Gasteiger partial charge in [0.1, 0.15) is 12.1 Å². The lowest BCUT2D eigenvalue weighted by Crippen LogP contribution is -2.36. The van der Waals surface area contributed by atoms with Gasteiger partial charge in [-0.25, -0.2) is 9.37 Å². The summed E-state index contributed by atoms with van der Waals surface area (Å²) in [5.74, 6) is 0.155. The summed E-state index contributed by atoms with van der Waals surface area (Å²) >= 11 is 0. The molecule has 0 bridgehead atoms. The molecule has 2 aromatic rings. The molecule has 130 valence electrons. The van der Waals surface area contributed by atoms with Crippen LogP contribution in [0.2, 0.25) is 0 Å². The minimum atomic E-state index is -0.296. The van der Waals surface area contributed by atoms with E-state index in [1.165, 1.54) is 12.1 Å². The molecule has 5 nitrogen and oxygen atoms in total. The lowest BCUT2D eigenvalue weighted by molar-refractivity contribution is 0.000576. The van der Waals surface area contributed by atoms with Gasteiger partial charge in [0.15, 0.2) is 0 Å². The third kappa shape index (κ3) is 4.63. The molecule has 0 atom stereocenters. The molecule has 0 amide bonds. The van der Waals surface area contributed by atoms with E-state index in [1.54, 1.807) is 18.4 Å². The Labute approximate surface area is 141 Å². The van der Waals surface area contributed by atoms with Crippen molar-refractivity contribution < 1.29 is 18.7 Å². The second kappa shape index (κ2) is 8.37. The average molecular weight is 334 g/mol. The van der Waals surface area contributed by atoms with E-state index in [-0.39, 0.29) is 18.5 Å². The predicted molar refractivity (Wildman–Crippen MR) is 87.9 cm³/mol. The summed E-state index contributed by atoms with van der Waals surface area (Å²) in [6.45, 7) is 3.43. The number of benzene rings is 1. The van der Waals surface area contributed by atoms with Gasteiger partial charge in [-0.1, -0.05) is 6.07 Å². The fourth-order valence-corrected chi connectivity index (χ4v) is 2.91. The number of likely N-dealkylation sites (tertiary alicyclic amines) is 1. The second-order valence-corrected chi connectivity index (χ2v) is 6.08. The number of ether oxygens (including phenoxy) is 1. The smallest absolute Gasteiger partial charge is 0.226 e. The average Bonchev–Trinajstić information content (AvgIpc) is 3.05. The van der Waals surface area contributed by atoms with Crippen molar-refractivity contribution in [1.82, 2.24) is 9.88 Å². The maximum Gasteiger partial charge on any atom is 0.226 e. The number of aliphatic hydroxyl groups is 1. The molecule has 1 aromatic heterocycles. The highest BCUT2D eigenvalue weighted by atomic mass is 19.1. The van der Waals surface area contributed by atoms with Gasteiger partial charge in [0.25, 0.3) is 0 Å². The molecule has 0 saturated carbocycles. The quantitative estimate of drug-likeness (QED) is 0.789. The predicted octanol–water partition coefficient (Wildman–Crippen LogP) is 2.84. The van der Waals surface area contributed by atoms with E-state index < -0.39 is 0 Å². The van der Waals surface area contributed by atoms with Crippen LogP contribution in [0.25, 0.3) is 11.5 Å². The van der Waals surface area contributed by atoms with Gasteiger partial charge in [-0.3, -0.25) is 4.90 Å². The van der Waals surface area contributed by atoms with E-state index in [0.29, 0.717) is 24.5 Å². The Morgan fingerprint density at radius 1 is 1.33 bits per heavy atom. The summed E-state index contributed by atoms with van der Waals surface area (Å²) < 4.78 is 24.5. The zero-order chi connectivity index (χ0) is 16.8. The maximum atomic E-state index is 13.3. The largest absolute Gasteiger partial charge is 0.444 e. The number of aliphatic hydroxyl groups excluding tert-OH is 1. The second-order valence-electron chi connectivity index (χ2n) is 6.08. The lowest BCUT2D eigenvalue weighted by Gasteiger charge is -2.31. The van der Waals surface area contributed by atoms with E-state index in [1.807, 2.05) is 0 Å². The van der Waals surface area contributed by atoms with Crippen molar-refractivity contribution in [3.63, 3.8) is 0 Å². The van der Waals surface area contributed by atoms with Gasteiger partial charge >= 0.3 is 0 Å². The standard InChI is InChI=1S/C18H23FN2O3/c19-15-4-1-3-14(11-15)18-20-16(13-24-18)12-21-7-5-17(6-8-21)23-10-2-9-22/h1,3-4,11,13,17,22H,2,5-10,12H2. The molecule has 0 radical (unpaired) electrons. The molecule has 0 aliphatic carbocycles. The Balaban J connectivity index is 1.49. The van der Waals surface area contributed by atoms with Crippen LogP contribution in [-0.4, -0.2) is 47.4 Å². The highest BCUT2D eigenvalue weighted by molar-refractivity contribution is 5.52. The van der Waals surface area contributed by atoms with Crippen LogP contribution in [0.3, 0.4) is 0 Å². The van der Waals surface area contributed by atoms with Gasteiger partial charge in [0.05, 0.1) is 11.8 Å². The molecule has 1 fully saturated rings. The molecule has 1 N–H and O–H groups in total. The summed E-state index contributed by atoms with van der Waals surface area (Å²) in [6, 6.07) is 6.26. The van der Waals surface area contributed by atoms with E-state index >= 15 is 0 Å². The first-order valence-electron chi connectivity index (χ1n) is 8.40. The molecular weight excluding hydrogens is 311 g/mol. The van der Waals surface area contributed by atoms with Gasteiger partial charge in [-0.15, -0.1) is 0 Å². The first-order valence-corrected chi connectivity index (χ1v) is 8.40. The minimum absolute atomic E-state index is 0.179. The van der Waals surface area contributed by atoms with Crippen molar-refractivity contribution in [2.24, 2.45) is 0 Å². The van der Waals surface area contributed by atoms with Gasteiger partial charge in [0.2, 0.25) is 5.89 Å². The van der Waals surface area contributed by atoms with Crippen molar-refractivity contribution in [2.45, 2.75) is 31.9 Å². The molecule has 1 saturated heterocycles. The highest BCUT2D eigenvalue weighted by Crippen LogP contribution is 2.21. The number of rotatable bonds is 7. The molecule has 3 rings (SSSR count). The van der Waals surface area contributed by atoms with Crippen molar-refractivity contribution in [3.05, 3.63) is 42.0 Å². The van der Waals surface area contributed by atoms with Crippen LogP contribution in [-0.2, 0) is 11.3 Å². The molecule has 1 aliphatic heterocycles. The van der Waals surface area contributed by atoms with Crippen LogP contribution in [0.15, 0.2) is 34.9 Å². The number of hydrogen-bond donors (Lipinski definition) is 1. The fraction of sp³-hybridized carbons (Fsp3) is 0.500. The third-order valence-electron chi connectivity index (χ3n) is 4.20. The van der Waals surface area contributed by atoms with Crippen LogP contribution in [0, 0.1) is 5.82 Å². The van der Waals surface area contributed by atoms with Crippen molar-refractivity contribution in [3.8, 4) is 11.5 Å². The van der Waals surface area contributed by atoms with Gasteiger partial charge < -0.3 is 14.3 Å². The lowest BCUT2D eigenvalue weighted by atomic mass is 10.1. The van der Waals surface area contributed by atoms with E-state index in [9.17, 15) is 4.39 Å². The van der Waals surface area contributed by atoms with Crippen LogP contribution in [0.1, 0.15) is 25.0 Å². The third-order valence-corrected chi connectivity index (χ3v) is 4.20. The van der Waals surface area contributed by atoms with Crippen molar-refractivity contribution >= 4 is 0 Å². The van der Waals surface area contributed by atoms with Crippen LogP contribution in [0.5, 0.6) is 0 Å². The Hall–Kier alpha value is -1.76. The van der Waals surface area contributed by atoms with Gasteiger partial charge in [-0.2, -0.15) is 0 Å². The summed E-state index contributed by atoms with van der Waals surface area (Å²) in [6.07, 6.45) is 4.60. The molecule has 24 heavy (non-hydrogen) atoms. The molecular formula is C18H23FN2O3. The highest BCUT2D eigenvalue weighted by Gasteiger charge is 2.20. The zero-order valence-electron chi connectivity index (χ0n) is 13.7. The Morgan fingerprint density at radius 3 is 2.92 bits per heavy atom. The summed E-state index contributed by atoms with van der Waals surface area (Å²) in [4.78, 5) is 6.78. The monoisotopic (exact) mass is 334 g/mol. The number of oxazole rings is 1. The van der Waals surface area contributed by atoms with Crippen molar-refractivity contribution in [1.29, 1.82) is 0 Å². The summed E-state index contributed by atoms with van der Waals surface area (Å²) in [7, 11) is 0. The maximum absolute atomic E-state index is 13.3. The number of hydrogen-bond acceptors (Lipinski definition) is 5. The fourth-order valence-electron chi connectivity index (χ4n) is 2.91. The van der Waals surface area contributed by atoms with E-state index in [4.69, 9.17) is 14.3 Å². The Morgan fingerprint density at radius 2 is 2.17 bits per heavy atom. The summed E-state index contributed by atoms with van der Waals surface area (Å²) in [5, 5.41) is 8.78. The van der Waals surface area contributed by atoms with Gasteiger partial charge in [-0.05, 0) is 37.5 Å². The molecule has 0 spiro atoms. The molecule has 2 heterocycles. The number of piperidine rings is 1. The first-order chi connectivity index (χ1) is 11.7. The normalized spacial score (nSPS) is 16.6. The molecule has 0 unspecified atom stereocenters. The van der Waals surface area contributed by atoms with Crippen molar-refractivity contribution in [2.75, 3.05) is 26.3 Å². The van der Waals surface area contributed by atoms with Crippen LogP contribution >= 0.6 is 0 Å². The van der Waals surface area contributed by atoms with Crippen LogP contribution in [0.4, 0.5) is 4.39 Å². The van der Waals surface area contributed by atoms with E-state index in [2.05, 4.69) is 9.88 Å². The first kappa shape index (κ1) is 17.1. The topological polar surface area (TPSA) is 58.7 Å². The molecule has 1 aromatic carbocycles. The number of nitrogens with zero attached hydrogens (tertiary/aromatic N) is 2. The Bertz CT molecular complexity index is 639. The molecule has 1 aliphatic rings. The van der Waals surface area contributed by atoms with E-state index in [0.717, 1.165) is 38.2 Å².